The van der Waals surface area contributed by atoms with E-state index in [-0.39, 0.29) is 11.4 Å². The molecule has 1 aliphatic heterocycles. The maximum Gasteiger partial charge on any atom is 0.267 e. The van der Waals surface area contributed by atoms with Crippen LogP contribution in [0.1, 0.15) is 25.0 Å². The zero-order valence-electron chi connectivity index (χ0n) is 18.4. The Labute approximate surface area is 199 Å². The lowest BCUT2D eigenvalue weighted by atomic mass is 10.0. The van der Waals surface area contributed by atoms with Gasteiger partial charge in [0.05, 0.1) is 17.1 Å². The molecule has 8 heteroatoms. The lowest BCUT2D eigenvalue weighted by Gasteiger charge is -2.35. The summed E-state index contributed by atoms with van der Waals surface area (Å²) in [5, 5.41) is 3.44. The highest BCUT2D eigenvalue weighted by Gasteiger charge is 2.37. The Bertz CT molecular complexity index is 1250. The molecule has 172 valence electrons. The van der Waals surface area contributed by atoms with E-state index in [1.165, 1.54) is 28.6 Å². The summed E-state index contributed by atoms with van der Waals surface area (Å²) in [7, 11) is -3.94. The Morgan fingerprint density at radius 1 is 1.00 bits per heavy atom. The standard InChI is InChI=1S/C25H25ClN2O4S/c1-3-17-8-7-9-18(4-2)24(17)27-25(29)23-16-28(21-10-5-6-11-22(21)32-23)33(30,31)20-14-12-19(26)13-15-20/h5-15,23H,3-4,16H2,1-2H3,(H,27,29). The SMILES string of the molecule is CCc1cccc(CC)c1NC(=O)C1CN(S(=O)(=O)c2ccc(Cl)cc2)c2ccccc2O1. The normalized spacial score (nSPS) is 15.5. The van der Waals surface area contributed by atoms with Crippen LogP contribution < -0.4 is 14.4 Å². The molecule has 1 heterocycles. The van der Waals surface area contributed by atoms with Crippen molar-refractivity contribution in [3.05, 3.63) is 82.9 Å². The molecule has 6 nitrogen and oxygen atoms in total. The van der Waals surface area contributed by atoms with Crippen LogP contribution in [0.4, 0.5) is 11.4 Å². The van der Waals surface area contributed by atoms with Crippen molar-refractivity contribution in [3.63, 3.8) is 0 Å². The van der Waals surface area contributed by atoms with Crippen molar-refractivity contribution in [2.24, 2.45) is 0 Å². The van der Waals surface area contributed by atoms with E-state index in [0.29, 0.717) is 16.5 Å². The van der Waals surface area contributed by atoms with Crippen molar-refractivity contribution in [3.8, 4) is 5.75 Å². The molecule has 3 aromatic carbocycles. The van der Waals surface area contributed by atoms with Gasteiger partial charge in [-0.25, -0.2) is 8.42 Å². The molecule has 3 aromatic rings. The van der Waals surface area contributed by atoms with Crippen molar-refractivity contribution >= 4 is 38.9 Å². The van der Waals surface area contributed by atoms with E-state index >= 15 is 0 Å². The number of ether oxygens (including phenoxy) is 1. The third-order valence-corrected chi connectivity index (χ3v) is 7.72. The summed E-state index contributed by atoms with van der Waals surface area (Å²) in [6.07, 6.45) is 0.501. The smallest absolute Gasteiger partial charge is 0.267 e. The van der Waals surface area contributed by atoms with Crippen LogP contribution in [0.15, 0.2) is 71.6 Å². The highest BCUT2D eigenvalue weighted by molar-refractivity contribution is 7.92. The fourth-order valence-corrected chi connectivity index (χ4v) is 5.51. The van der Waals surface area contributed by atoms with E-state index in [1.54, 1.807) is 24.3 Å². The predicted octanol–water partition coefficient (Wildman–Crippen LogP) is 5.06. The summed E-state index contributed by atoms with van der Waals surface area (Å²) in [6.45, 7) is 3.90. The number of halogens is 1. The van der Waals surface area contributed by atoms with Crippen molar-refractivity contribution in [2.75, 3.05) is 16.2 Å². The predicted molar refractivity (Wildman–Crippen MR) is 131 cm³/mol. The van der Waals surface area contributed by atoms with Crippen molar-refractivity contribution in [2.45, 2.75) is 37.7 Å². The van der Waals surface area contributed by atoms with Crippen LogP contribution >= 0.6 is 11.6 Å². The Morgan fingerprint density at radius 2 is 1.64 bits per heavy atom. The quantitative estimate of drug-likeness (QED) is 0.530. The molecule has 1 amide bonds. The third-order valence-electron chi connectivity index (χ3n) is 5.68. The Kier molecular flexibility index (Phi) is 6.63. The number of fused-ring (bicyclic) bond motifs is 1. The fraction of sp³-hybridized carbons (Fsp3) is 0.240. The molecule has 33 heavy (non-hydrogen) atoms. The maximum atomic E-state index is 13.5. The topological polar surface area (TPSA) is 75.7 Å². The number of hydrogen-bond donors (Lipinski definition) is 1. The summed E-state index contributed by atoms with van der Waals surface area (Å²) in [5.41, 5.74) is 3.19. The minimum absolute atomic E-state index is 0.0901. The summed E-state index contributed by atoms with van der Waals surface area (Å²) < 4.78 is 34.2. The number of hydrogen-bond acceptors (Lipinski definition) is 4. The summed E-state index contributed by atoms with van der Waals surface area (Å²) in [5.74, 6) is -0.0580. The second-order valence-corrected chi connectivity index (χ2v) is 10.0. The zero-order valence-corrected chi connectivity index (χ0v) is 20.0. The molecule has 0 aromatic heterocycles. The average Bonchev–Trinajstić information content (AvgIpc) is 2.83. The number of rotatable bonds is 6. The number of nitrogens with one attached hydrogen (secondary N) is 1. The number of amides is 1. The fourth-order valence-electron chi connectivity index (χ4n) is 3.91. The van der Waals surface area contributed by atoms with Crippen molar-refractivity contribution < 1.29 is 17.9 Å². The molecular weight excluding hydrogens is 460 g/mol. The molecule has 0 aliphatic carbocycles. The zero-order chi connectivity index (χ0) is 23.6. The number of aryl methyl sites for hydroxylation is 2. The van der Waals surface area contributed by atoms with Gasteiger partial charge in [0.1, 0.15) is 5.75 Å². The molecule has 1 aliphatic rings. The van der Waals surface area contributed by atoms with Crippen molar-refractivity contribution in [1.29, 1.82) is 0 Å². The first-order chi connectivity index (χ1) is 15.8. The molecular formula is C25H25ClN2O4S. The molecule has 0 spiro atoms. The summed E-state index contributed by atoms with van der Waals surface area (Å²) >= 11 is 5.94. The number of nitrogens with zero attached hydrogens (tertiary/aromatic N) is 1. The number of carbonyl (C=O) groups excluding carboxylic acids is 1. The molecule has 0 fully saturated rings. The first-order valence-corrected chi connectivity index (χ1v) is 12.6. The number of benzene rings is 3. The van der Waals surface area contributed by atoms with E-state index in [0.717, 1.165) is 29.7 Å². The Hall–Kier alpha value is -3.03. The largest absolute Gasteiger partial charge is 0.476 e. The maximum absolute atomic E-state index is 13.5. The van der Waals surface area contributed by atoms with Crippen LogP contribution in [0.3, 0.4) is 0 Å². The minimum Gasteiger partial charge on any atom is -0.476 e. The van der Waals surface area contributed by atoms with Gasteiger partial charge in [-0.1, -0.05) is 55.8 Å². The van der Waals surface area contributed by atoms with Crippen molar-refractivity contribution in [1.82, 2.24) is 0 Å². The number of sulfonamides is 1. The Balaban J connectivity index is 1.69. The van der Waals surface area contributed by atoms with Crippen LogP contribution in [0, 0.1) is 0 Å². The lowest BCUT2D eigenvalue weighted by Crippen LogP contribution is -2.49. The van der Waals surface area contributed by atoms with E-state index in [2.05, 4.69) is 5.32 Å². The van der Waals surface area contributed by atoms with Gasteiger partial charge in [0, 0.05) is 10.7 Å². The van der Waals surface area contributed by atoms with E-state index in [9.17, 15) is 13.2 Å². The van der Waals surface area contributed by atoms with Gasteiger partial charge in [-0.2, -0.15) is 0 Å². The number of carbonyl (C=O) groups is 1. The van der Waals surface area contributed by atoms with E-state index in [1.807, 2.05) is 32.0 Å². The Morgan fingerprint density at radius 3 is 2.27 bits per heavy atom. The average molecular weight is 485 g/mol. The highest BCUT2D eigenvalue weighted by Crippen LogP contribution is 2.37. The van der Waals surface area contributed by atoms with Crippen LogP contribution in [0.25, 0.3) is 0 Å². The third kappa shape index (κ3) is 4.56. The molecule has 0 saturated heterocycles. The van der Waals surface area contributed by atoms with Crippen LogP contribution in [-0.2, 0) is 27.7 Å². The van der Waals surface area contributed by atoms with Gasteiger partial charge in [-0.05, 0) is 60.4 Å². The first kappa shape index (κ1) is 23.1. The number of para-hydroxylation sites is 3. The van der Waals surface area contributed by atoms with Crippen LogP contribution in [0.5, 0.6) is 5.75 Å². The molecule has 1 unspecified atom stereocenters. The second kappa shape index (κ2) is 9.45. The van der Waals surface area contributed by atoms with Gasteiger partial charge in [-0.3, -0.25) is 9.10 Å². The molecule has 0 radical (unpaired) electrons. The second-order valence-electron chi connectivity index (χ2n) is 7.71. The molecule has 1 N–H and O–H groups in total. The first-order valence-electron chi connectivity index (χ1n) is 10.8. The minimum atomic E-state index is -3.94. The monoisotopic (exact) mass is 484 g/mol. The molecule has 0 bridgehead atoms. The van der Waals surface area contributed by atoms with E-state index < -0.39 is 22.0 Å². The van der Waals surface area contributed by atoms with E-state index in [4.69, 9.17) is 16.3 Å². The number of anilines is 2. The van der Waals surface area contributed by atoms with Gasteiger partial charge < -0.3 is 10.1 Å². The van der Waals surface area contributed by atoms with Gasteiger partial charge in [-0.15, -0.1) is 0 Å². The summed E-state index contributed by atoms with van der Waals surface area (Å²) in [6, 6.07) is 18.7. The van der Waals surface area contributed by atoms with Gasteiger partial charge in [0.15, 0.2) is 6.10 Å². The lowest BCUT2D eigenvalue weighted by molar-refractivity contribution is -0.122. The van der Waals surface area contributed by atoms with Gasteiger partial charge in [0.25, 0.3) is 15.9 Å². The molecule has 1 atom stereocenters. The van der Waals surface area contributed by atoms with Gasteiger partial charge >= 0.3 is 0 Å². The molecule has 0 saturated carbocycles. The molecule has 4 rings (SSSR count). The van der Waals surface area contributed by atoms with Gasteiger partial charge in [0.2, 0.25) is 0 Å². The van der Waals surface area contributed by atoms with Crippen LogP contribution in [-0.4, -0.2) is 27.0 Å². The highest BCUT2D eigenvalue weighted by atomic mass is 35.5. The summed E-state index contributed by atoms with van der Waals surface area (Å²) in [4.78, 5) is 13.4. The van der Waals surface area contributed by atoms with Crippen LogP contribution in [0.2, 0.25) is 5.02 Å².